The van der Waals surface area contributed by atoms with Gasteiger partial charge in [-0.2, -0.15) is 0 Å². The molecule has 0 saturated carbocycles. The van der Waals surface area contributed by atoms with Gasteiger partial charge in [-0.15, -0.1) is 0 Å². The van der Waals surface area contributed by atoms with Crippen LogP contribution in [0.4, 0.5) is 4.79 Å². The van der Waals surface area contributed by atoms with Crippen LogP contribution in [0.25, 0.3) is 0 Å². The number of carbonyl (C=O) groups is 1. The van der Waals surface area contributed by atoms with Crippen molar-refractivity contribution >= 4 is 6.09 Å². The van der Waals surface area contributed by atoms with E-state index >= 15 is 0 Å². The molecular weight excluding hydrogens is 731 g/mol. The minimum absolute atomic E-state index is 0.0216. The predicted molar refractivity (Wildman–Crippen MR) is 271 cm³/mol. The van der Waals surface area contributed by atoms with E-state index in [1.807, 2.05) is 0 Å². The third-order valence-electron chi connectivity index (χ3n) is 13.2. The van der Waals surface area contributed by atoms with Gasteiger partial charge in [0.1, 0.15) is 6.10 Å². The van der Waals surface area contributed by atoms with Crippen LogP contribution in [0.15, 0.2) is 12.2 Å². The lowest BCUT2D eigenvalue weighted by Gasteiger charge is -2.24. The molecule has 1 amide bonds. The fourth-order valence-electron chi connectivity index (χ4n) is 8.98. The Morgan fingerprint density at radius 2 is 0.583 bits per heavy atom. The standard InChI is InChI=1S/C57H113NO2/c1-5-8-11-14-17-20-23-26-29-32-35-38-41-44-47-50-53-56(4)60-57(59)58(54-51-48-45-42-39-36-33-30-27-24-21-18-15-12-9-6-2)55-52-49-46-43-40-37-34-31-28-25-22-19-16-13-10-7-3/h26,29,56H,5-25,27-28,30-55H2,1-4H3. The fraction of sp³-hybridized carbons (Fsp3) is 0.947. The average molecular weight is 845 g/mol. The molecule has 0 saturated heterocycles. The second-order valence-electron chi connectivity index (χ2n) is 19.5. The number of ether oxygens (including phenoxy) is 1. The van der Waals surface area contributed by atoms with E-state index in [-0.39, 0.29) is 12.2 Å². The smallest absolute Gasteiger partial charge is 0.410 e. The Balaban J connectivity index is 4.21. The third kappa shape index (κ3) is 48.0. The maximum Gasteiger partial charge on any atom is 0.410 e. The van der Waals surface area contributed by atoms with Crippen molar-refractivity contribution in [3.8, 4) is 0 Å². The molecule has 0 N–H and O–H groups in total. The Morgan fingerprint density at radius 3 is 0.867 bits per heavy atom. The molecule has 358 valence electrons. The van der Waals surface area contributed by atoms with Gasteiger partial charge in [0, 0.05) is 13.1 Å². The Labute approximate surface area is 380 Å². The van der Waals surface area contributed by atoms with Crippen molar-refractivity contribution in [1.82, 2.24) is 4.90 Å². The van der Waals surface area contributed by atoms with Crippen LogP contribution in [0.1, 0.15) is 329 Å². The van der Waals surface area contributed by atoms with Crippen LogP contribution in [0.5, 0.6) is 0 Å². The third-order valence-corrected chi connectivity index (χ3v) is 13.2. The van der Waals surface area contributed by atoms with Crippen LogP contribution in [0, 0.1) is 0 Å². The first-order valence-corrected chi connectivity index (χ1v) is 28.3. The lowest BCUT2D eigenvalue weighted by atomic mass is 10.0. The van der Waals surface area contributed by atoms with Gasteiger partial charge in [0.15, 0.2) is 0 Å². The second kappa shape index (κ2) is 52.4. The average Bonchev–Trinajstić information content (AvgIpc) is 3.25. The Hall–Kier alpha value is -0.990. The van der Waals surface area contributed by atoms with Crippen molar-refractivity contribution < 1.29 is 9.53 Å². The van der Waals surface area contributed by atoms with Crippen molar-refractivity contribution in [3.05, 3.63) is 12.2 Å². The highest BCUT2D eigenvalue weighted by Gasteiger charge is 2.17. The lowest BCUT2D eigenvalue weighted by Crippen LogP contribution is -2.35. The van der Waals surface area contributed by atoms with E-state index in [4.69, 9.17) is 4.74 Å². The molecule has 0 aliphatic heterocycles. The molecule has 0 aliphatic carbocycles. The molecule has 0 radical (unpaired) electrons. The summed E-state index contributed by atoms with van der Waals surface area (Å²) in [7, 11) is 0. The molecule has 3 heteroatoms. The first-order chi connectivity index (χ1) is 29.7. The zero-order chi connectivity index (χ0) is 43.5. The predicted octanol–water partition coefficient (Wildman–Crippen LogP) is 20.8. The lowest BCUT2D eigenvalue weighted by molar-refractivity contribution is 0.0643. The van der Waals surface area contributed by atoms with Gasteiger partial charge in [0.2, 0.25) is 0 Å². The van der Waals surface area contributed by atoms with Crippen molar-refractivity contribution in [1.29, 1.82) is 0 Å². The number of unbranched alkanes of at least 4 members (excludes halogenated alkanes) is 42. The van der Waals surface area contributed by atoms with Gasteiger partial charge in [-0.25, -0.2) is 4.79 Å². The molecular formula is C57H113NO2. The minimum Gasteiger partial charge on any atom is -0.446 e. The van der Waals surface area contributed by atoms with Gasteiger partial charge in [0.25, 0.3) is 0 Å². The molecule has 0 aromatic heterocycles. The number of rotatable bonds is 51. The zero-order valence-electron chi connectivity index (χ0n) is 42.1. The molecule has 0 aromatic rings. The van der Waals surface area contributed by atoms with Gasteiger partial charge >= 0.3 is 6.09 Å². The van der Waals surface area contributed by atoms with Gasteiger partial charge in [-0.3, -0.25) is 0 Å². The maximum atomic E-state index is 13.4. The monoisotopic (exact) mass is 844 g/mol. The summed E-state index contributed by atoms with van der Waals surface area (Å²) in [6.45, 7) is 10.8. The normalized spacial score (nSPS) is 12.2. The molecule has 0 rings (SSSR count). The van der Waals surface area contributed by atoms with Gasteiger partial charge in [-0.1, -0.05) is 283 Å². The number of nitrogens with zero attached hydrogens (tertiary/aromatic N) is 1. The molecule has 1 unspecified atom stereocenters. The Bertz CT molecular complexity index is 789. The fourth-order valence-corrected chi connectivity index (χ4v) is 8.98. The molecule has 0 heterocycles. The molecule has 0 aliphatic rings. The number of amides is 1. The van der Waals surface area contributed by atoms with Crippen LogP contribution in [-0.4, -0.2) is 30.2 Å². The van der Waals surface area contributed by atoms with E-state index in [0.717, 1.165) is 32.4 Å². The van der Waals surface area contributed by atoms with Crippen LogP contribution >= 0.6 is 0 Å². The van der Waals surface area contributed by atoms with E-state index in [1.165, 1.54) is 283 Å². The summed E-state index contributed by atoms with van der Waals surface area (Å²) in [6.07, 6.45) is 68.7. The van der Waals surface area contributed by atoms with Crippen molar-refractivity contribution in [3.63, 3.8) is 0 Å². The molecule has 0 aromatic carbocycles. The number of allylic oxidation sites excluding steroid dienone is 2. The molecule has 0 bridgehead atoms. The van der Waals surface area contributed by atoms with Gasteiger partial charge in [-0.05, 0) is 58.3 Å². The summed E-state index contributed by atoms with van der Waals surface area (Å²) in [6, 6.07) is 0. The maximum absolute atomic E-state index is 13.4. The molecule has 0 spiro atoms. The van der Waals surface area contributed by atoms with Crippen LogP contribution in [-0.2, 0) is 4.74 Å². The van der Waals surface area contributed by atoms with Gasteiger partial charge < -0.3 is 9.64 Å². The topological polar surface area (TPSA) is 29.5 Å². The molecule has 1 atom stereocenters. The highest BCUT2D eigenvalue weighted by Crippen LogP contribution is 2.18. The van der Waals surface area contributed by atoms with Crippen molar-refractivity contribution in [2.45, 2.75) is 336 Å². The van der Waals surface area contributed by atoms with E-state index in [1.54, 1.807) is 0 Å². The van der Waals surface area contributed by atoms with E-state index < -0.39 is 0 Å². The summed E-state index contributed by atoms with van der Waals surface area (Å²) >= 11 is 0. The largest absolute Gasteiger partial charge is 0.446 e. The quantitative estimate of drug-likeness (QED) is 0.0451. The zero-order valence-corrected chi connectivity index (χ0v) is 42.1. The summed E-state index contributed by atoms with van der Waals surface area (Å²) < 4.78 is 6.07. The highest BCUT2D eigenvalue weighted by atomic mass is 16.6. The minimum atomic E-state index is -0.0473. The van der Waals surface area contributed by atoms with Crippen LogP contribution < -0.4 is 0 Å². The van der Waals surface area contributed by atoms with Gasteiger partial charge in [0.05, 0.1) is 0 Å². The van der Waals surface area contributed by atoms with Crippen molar-refractivity contribution in [2.24, 2.45) is 0 Å². The Morgan fingerprint density at radius 1 is 0.350 bits per heavy atom. The Kier molecular flexibility index (Phi) is 51.5. The van der Waals surface area contributed by atoms with Crippen LogP contribution in [0.3, 0.4) is 0 Å². The summed E-state index contributed by atoms with van der Waals surface area (Å²) in [5, 5.41) is 0. The first kappa shape index (κ1) is 59.0. The number of hydrogen-bond donors (Lipinski definition) is 0. The second-order valence-corrected chi connectivity index (χ2v) is 19.5. The van der Waals surface area contributed by atoms with Crippen LogP contribution in [0.2, 0.25) is 0 Å². The summed E-state index contributed by atoms with van der Waals surface area (Å²) in [5.74, 6) is 0. The van der Waals surface area contributed by atoms with Crippen molar-refractivity contribution in [2.75, 3.05) is 13.1 Å². The molecule has 60 heavy (non-hydrogen) atoms. The number of carbonyl (C=O) groups excluding carboxylic acids is 1. The summed E-state index contributed by atoms with van der Waals surface area (Å²) in [4.78, 5) is 15.5. The molecule has 3 nitrogen and oxygen atoms in total. The highest BCUT2D eigenvalue weighted by molar-refractivity contribution is 5.67. The van der Waals surface area contributed by atoms with E-state index in [0.29, 0.717) is 0 Å². The first-order valence-electron chi connectivity index (χ1n) is 28.3. The summed E-state index contributed by atoms with van der Waals surface area (Å²) in [5.41, 5.74) is 0. The van der Waals surface area contributed by atoms with E-state index in [2.05, 4.69) is 44.7 Å². The molecule has 0 fully saturated rings. The number of hydrogen-bond acceptors (Lipinski definition) is 2. The SMILES string of the molecule is CCCCCCCCC=CCCCCCCCCC(C)OC(=O)N(CCCCCCCCCCCCCCCCCC)CCCCCCCCCCCCCCCCCC. The van der Waals surface area contributed by atoms with E-state index in [9.17, 15) is 4.79 Å².